The van der Waals surface area contributed by atoms with E-state index in [0.717, 1.165) is 17.0 Å². The van der Waals surface area contributed by atoms with Crippen molar-refractivity contribution in [3.8, 4) is 0 Å². The Morgan fingerprint density at radius 2 is 2.00 bits per heavy atom. The molecule has 0 saturated carbocycles. The number of sulfonamides is 1. The molecule has 0 saturated heterocycles. The van der Waals surface area contributed by atoms with Crippen LogP contribution < -0.4 is 4.72 Å². The van der Waals surface area contributed by atoms with Gasteiger partial charge in [0.15, 0.2) is 0 Å². The normalized spacial score (nSPS) is 11.6. The minimum Gasteiger partial charge on any atom is -0.253 e. The van der Waals surface area contributed by atoms with E-state index in [2.05, 4.69) is 9.71 Å². The van der Waals surface area contributed by atoms with Crippen LogP contribution in [0.3, 0.4) is 0 Å². The first kappa shape index (κ1) is 12.2. The lowest BCUT2D eigenvalue weighted by Crippen LogP contribution is -2.22. The van der Waals surface area contributed by atoms with Crippen LogP contribution in [0.5, 0.6) is 0 Å². The average molecular weight is 272 g/mol. The standard InChI is InChI=1S/C10H9FN2O2S2/c11-8-1-3-10(4-2-8)17(14,15)13-6-9-5-12-7-16-9/h1-5,7,13H,6H2. The van der Waals surface area contributed by atoms with Gasteiger partial charge < -0.3 is 0 Å². The van der Waals surface area contributed by atoms with Crippen LogP contribution in [0, 0.1) is 5.82 Å². The van der Waals surface area contributed by atoms with Gasteiger partial charge in [-0.3, -0.25) is 4.98 Å². The van der Waals surface area contributed by atoms with Gasteiger partial charge in [0.1, 0.15) is 5.82 Å². The maximum absolute atomic E-state index is 12.7. The van der Waals surface area contributed by atoms with E-state index in [1.54, 1.807) is 11.7 Å². The number of hydrogen-bond acceptors (Lipinski definition) is 4. The highest BCUT2D eigenvalue weighted by atomic mass is 32.2. The monoisotopic (exact) mass is 272 g/mol. The number of nitrogens with zero attached hydrogens (tertiary/aromatic N) is 1. The second kappa shape index (κ2) is 4.91. The first-order valence-electron chi connectivity index (χ1n) is 4.70. The third-order valence-corrected chi connectivity index (χ3v) is 4.24. The molecule has 1 aromatic heterocycles. The van der Waals surface area contributed by atoms with Crippen LogP contribution >= 0.6 is 11.3 Å². The minimum atomic E-state index is -3.59. The van der Waals surface area contributed by atoms with E-state index in [-0.39, 0.29) is 11.4 Å². The van der Waals surface area contributed by atoms with Crippen LogP contribution in [0.1, 0.15) is 4.88 Å². The van der Waals surface area contributed by atoms with Gasteiger partial charge in [0.25, 0.3) is 0 Å². The Balaban J connectivity index is 2.11. The molecular weight excluding hydrogens is 263 g/mol. The summed E-state index contributed by atoms with van der Waals surface area (Å²) in [4.78, 5) is 4.70. The summed E-state index contributed by atoms with van der Waals surface area (Å²) in [6.07, 6.45) is 1.60. The fourth-order valence-electron chi connectivity index (χ4n) is 1.19. The van der Waals surface area contributed by atoms with Crippen molar-refractivity contribution in [3.63, 3.8) is 0 Å². The Morgan fingerprint density at radius 3 is 2.59 bits per heavy atom. The van der Waals surface area contributed by atoms with E-state index >= 15 is 0 Å². The van der Waals surface area contributed by atoms with Crippen molar-refractivity contribution >= 4 is 21.4 Å². The third-order valence-electron chi connectivity index (χ3n) is 2.04. The van der Waals surface area contributed by atoms with Crippen LogP contribution in [0.15, 0.2) is 40.9 Å². The number of aromatic nitrogens is 1. The Bertz CT molecular complexity index is 579. The zero-order chi connectivity index (χ0) is 12.3. The van der Waals surface area contributed by atoms with Gasteiger partial charge in [-0.25, -0.2) is 17.5 Å². The summed E-state index contributed by atoms with van der Waals surface area (Å²) in [5, 5.41) is 0. The van der Waals surface area contributed by atoms with E-state index in [1.165, 1.54) is 23.5 Å². The van der Waals surface area contributed by atoms with Gasteiger partial charge in [0, 0.05) is 17.6 Å². The van der Waals surface area contributed by atoms with Gasteiger partial charge in [0.05, 0.1) is 10.4 Å². The molecule has 0 aliphatic rings. The Kier molecular flexibility index (Phi) is 3.51. The predicted octanol–water partition coefficient (Wildman–Crippen LogP) is 1.76. The Morgan fingerprint density at radius 1 is 1.29 bits per heavy atom. The molecule has 0 amide bonds. The van der Waals surface area contributed by atoms with Crippen LogP contribution in [0.4, 0.5) is 4.39 Å². The predicted molar refractivity (Wildman–Crippen MR) is 62.5 cm³/mol. The summed E-state index contributed by atoms with van der Waals surface area (Å²) in [6.45, 7) is 0.185. The molecule has 0 radical (unpaired) electrons. The molecule has 0 atom stereocenters. The molecule has 0 aliphatic heterocycles. The van der Waals surface area contributed by atoms with Crippen LogP contribution in [0.2, 0.25) is 0 Å². The van der Waals surface area contributed by atoms with Gasteiger partial charge >= 0.3 is 0 Å². The molecule has 1 aromatic carbocycles. The maximum Gasteiger partial charge on any atom is 0.240 e. The van der Waals surface area contributed by atoms with Crippen molar-refractivity contribution in [2.75, 3.05) is 0 Å². The van der Waals surface area contributed by atoms with Crippen molar-refractivity contribution in [2.24, 2.45) is 0 Å². The molecule has 2 rings (SSSR count). The first-order chi connectivity index (χ1) is 8.08. The summed E-state index contributed by atoms with van der Waals surface area (Å²) in [5.74, 6) is -0.466. The molecule has 17 heavy (non-hydrogen) atoms. The van der Waals surface area contributed by atoms with Gasteiger partial charge in [0.2, 0.25) is 10.0 Å². The summed E-state index contributed by atoms with van der Waals surface area (Å²) in [5.41, 5.74) is 1.63. The van der Waals surface area contributed by atoms with E-state index in [0.29, 0.717) is 0 Å². The molecule has 1 heterocycles. The van der Waals surface area contributed by atoms with E-state index in [9.17, 15) is 12.8 Å². The largest absolute Gasteiger partial charge is 0.253 e. The molecule has 0 fully saturated rings. The highest BCUT2D eigenvalue weighted by molar-refractivity contribution is 7.89. The Labute approximate surface area is 102 Å². The zero-order valence-electron chi connectivity index (χ0n) is 8.63. The third kappa shape index (κ3) is 3.09. The summed E-state index contributed by atoms with van der Waals surface area (Å²) >= 11 is 1.36. The number of hydrogen-bond donors (Lipinski definition) is 1. The molecule has 0 bridgehead atoms. The lowest BCUT2D eigenvalue weighted by atomic mass is 10.4. The number of rotatable bonds is 4. The summed E-state index contributed by atoms with van der Waals surface area (Å²) in [7, 11) is -3.59. The second-order valence-electron chi connectivity index (χ2n) is 3.25. The summed E-state index contributed by atoms with van der Waals surface area (Å²) < 4.78 is 38.7. The smallest absolute Gasteiger partial charge is 0.240 e. The van der Waals surface area contributed by atoms with Gasteiger partial charge in [-0.15, -0.1) is 11.3 Å². The number of nitrogens with one attached hydrogen (secondary N) is 1. The van der Waals surface area contributed by atoms with Gasteiger partial charge in [-0.2, -0.15) is 0 Å². The van der Waals surface area contributed by atoms with E-state index in [1.807, 2.05) is 0 Å². The molecule has 0 unspecified atom stereocenters. The highest BCUT2D eigenvalue weighted by Crippen LogP contribution is 2.11. The molecule has 4 nitrogen and oxygen atoms in total. The highest BCUT2D eigenvalue weighted by Gasteiger charge is 2.13. The molecule has 0 aliphatic carbocycles. The lowest BCUT2D eigenvalue weighted by Gasteiger charge is -2.04. The molecule has 0 spiro atoms. The fourth-order valence-corrected chi connectivity index (χ4v) is 2.82. The van der Waals surface area contributed by atoms with Crippen molar-refractivity contribution in [1.29, 1.82) is 0 Å². The van der Waals surface area contributed by atoms with Crippen molar-refractivity contribution in [1.82, 2.24) is 9.71 Å². The average Bonchev–Trinajstić information content (AvgIpc) is 2.80. The minimum absolute atomic E-state index is 0.0448. The Hall–Kier alpha value is -1.31. The zero-order valence-corrected chi connectivity index (χ0v) is 10.3. The first-order valence-corrected chi connectivity index (χ1v) is 7.07. The quantitative estimate of drug-likeness (QED) is 0.922. The van der Waals surface area contributed by atoms with E-state index < -0.39 is 15.8 Å². The second-order valence-corrected chi connectivity index (χ2v) is 5.98. The molecule has 7 heteroatoms. The van der Waals surface area contributed by atoms with Crippen LogP contribution in [-0.4, -0.2) is 13.4 Å². The summed E-state index contributed by atoms with van der Waals surface area (Å²) in [6, 6.07) is 4.68. The molecular formula is C10H9FN2O2S2. The molecule has 2 aromatic rings. The van der Waals surface area contributed by atoms with Gasteiger partial charge in [-0.05, 0) is 24.3 Å². The van der Waals surface area contributed by atoms with Crippen molar-refractivity contribution < 1.29 is 12.8 Å². The van der Waals surface area contributed by atoms with Crippen molar-refractivity contribution in [3.05, 3.63) is 46.7 Å². The molecule has 1 N–H and O–H groups in total. The van der Waals surface area contributed by atoms with Gasteiger partial charge in [-0.1, -0.05) is 0 Å². The number of halogens is 1. The lowest BCUT2D eigenvalue weighted by molar-refractivity contribution is 0.581. The number of thiazole rings is 1. The number of benzene rings is 1. The van der Waals surface area contributed by atoms with Crippen LogP contribution in [-0.2, 0) is 16.6 Å². The fraction of sp³-hybridized carbons (Fsp3) is 0.100. The maximum atomic E-state index is 12.7. The van der Waals surface area contributed by atoms with Crippen molar-refractivity contribution in [2.45, 2.75) is 11.4 Å². The van der Waals surface area contributed by atoms with E-state index in [4.69, 9.17) is 0 Å². The van der Waals surface area contributed by atoms with Crippen LogP contribution in [0.25, 0.3) is 0 Å². The molecule has 90 valence electrons. The SMILES string of the molecule is O=S(=O)(NCc1cncs1)c1ccc(F)cc1. The topological polar surface area (TPSA) is 59.1 Å².